The lowest BCUT2D eigenvalue weighted by Gasteiger charge is -2.47. The predicted octanol–water partition coefficient (Wildman–Crippen LogP) is -1.97. The van der Waals surface area contributed by atoms with Crippen LogP contribution >= 0.6 is 0 Å². The fourth-order valence-electron chi connectivity index (χ4n) is 4.17. The van der Waals surface area contributed by atoms with E-state index < -0.39 is 110 Å². The van der Waals surface area contributed by atoms with Gasteiger partial charge >= 0.3 is 35.8 Å². The Kier molecular flexibility index (Phi) is 12.4. The summed E-state index contributed by atoms with van der Waals surface area (Å²) in [4.78, 5) is 70.6. The Morgan fingerprint density at radius 2 is 0.976 bits per heavy atom. The molecule has 0 amide bonds. The van der Waals surface area contributed by atoms with Gasteiger partial charge in [-0.1, -0.05) is 0 Å². The number of aliphatic hydroxyl groups excluding tert-OH is 2. The highest BCUT2D eigenvalue weighted by Gasteiger charge is 2.56. The van der Waals surface area contributed by atoms with E-state index >= 15 is 0 Å². The summed E-state index contributed by atoms with van der Waals surface area (Å²) >= 11 is 0. The van der Waals surface area contributed by atoms with E-state index in [4.69, 9.17) is 42.6 Å². The molecule has 10 atom stereocenters. The summed E-state index contributed by atoms with van der Waals surface area (Å²) in [7, 11) is 0. The van der Waals surface area contributed by atoms with Gasteiger partial charge in [0.1, 0.15) is 37.6 Å². The SMILES string of the molecule is CC(=O)OC[C@@H]1O[C@H](O[C@H]2[C@@H](OC(C)=O)[C@H](OC(C)=O)[C@H](O)O[C@H]2COC(C)=O)[C@@H](OC(C)=O)[C@H](OC(C)=O)[C@H]1O. The number of esters is 6. The quantitative estimate of drug-likeness (QED) is 0.206. The molecule has 0 aromatic heterocycles. The van der Waals surface area contributed by atoms with E-state index in [2.05, 4.69) is 0 Å². The second kappa shape index (κ2) is 15.0. The summed E-state index contributed by atoms with van der Waals surface area (Å²) in [6.45, 7) is 5.14. The van der Waals surface area contributed by atoms with Crippen molar-refractivity contribution in [3.05, 3.63) is 0 Å². The van der Waals surface area contributed by atoms with Crippen molar-refractivity contribution in [1.29, 1.82) is 0 Å². The van der Waals surface area contributed by atoms with Crippen LogP contribution in [0, 0.1) is 0 Å². The molecule has 232 valence electrons. The van der Waals surface area contributed by atoms with Crippen LogP contribution in [0.1, 0.15) is 41.5 Å². The summed E-state index contributed by atoms with van der Waals surface area (Å²) in [5.74, 6) is -5.07. The van der Waals surface area contributed by atoms with Gasteiger partial charge in [0.2, 0.25) is 0 Å². The van der Waals surface area contributed by atoms with Crippen LogP contribution in [0.25, 0.3) is 0 Å². The molecule has 2 N–H and O–H groups in total. The van der Waals surface area contributed by atoms with E-state index in [9.17, 15) is 39.0 Å². The number of carbonyl (C=O) groups is 6. The number of ether oxygens (including phenoxy) is 9. The minimum absolute atomic E-state index is 0.554. The van der Waals surface area contributed by atoms with Gasteiger partial charge in [-0.15, -0.1) is 0 Å². The summed E-state index contributed by atoms with van der Waals surface area (Å²) in [5.41, 5.74) is 0. The number of hydrogen-bond donors (Lipinski definition) is 2. The Labute approximate surface area is 234 Å². The normalized spacial score (nSPS) is 33.1. The standard InChI is InChI=1S/C24H34O17/c1-9(25)33-7-15-17(31)19(35-11(3)27)22(38-14(6)30)24(40-15)41-18-16(8-34-10(2)26)39-23(32)21(37-13(5)29)20(18)36-12(4)28/h15-24,31-32H,7-8H2,1-6H3/t15-,16-,17-,18+,19+,20+,21-,22-,23+,24+/m0/s1. The third kappa shape index (κ3) is 9.89. The lowest BCUT2D eigenvalue weighted by molar-refractivity contribution is -0.357. The third-order valence-corrected chi connectivity index (χ3v) is 5.63. The van der Waals surface area contributed by atoms with E-state index in [0.29, 0.717) is 0 Å². The molecule has 0 bridgehead atoms. The molecule has 2 aliphatic rings. The maximum Gasteiger partial charge on any atom is 0.303 e. The highest BCUT2D eigenvalue weighted by molar-refractivity contribution is 5.68. The first-order valence-electron chi connectivity index (χ1n) is 12.4. The predicted molar refractivity (Wildman–Crippen MR) is 126 cm³/mol. The summed E-state index contributed by atoms with van der Waals surface area (Å²) in [6, 6.07) is 0. The van der Waals surface area contributed by atoms with Crippen LogP contribution < -0.4 is 0 Å². The van der Waals surface area contributed by atoms with Gasteiger partial charge in [0.25, 0.3) is 0 Å². The van der Waals surface area contributed by atoms with Crippen LogP contribution in [0.2, 0.25) is 0 Å². The molecule has 0 aliphatic carbocycles. The Morgan fingerprint density at radius 1 is 0.537 bits per heavy atom. The Bertz CT molecular complexity index is 981. The van der Waals surface area contributed by atoms with Crippen LogP contribution in [0.5, 0.6) is 0 Å². The van der Waals surface area contributed by atoms with Crippen molar-refractivity contribution in [1.82, 2.24) is 0 Å². The minimum Gasteiger partial charge on any atom is -0.463 e. The molecule has 2 aliphatic heterocycles. The van der Waals surface area contributed by atoms with Gasteiger partial charge in [-0.2, -0.15) is 0 Å². The van der Waals surface area contributed by atoms with Crippen LogP contribution in [0.4, 0.5) is 0 Å². The molecular weight excluding hydrogens is 560 g/mol. The topological polar surface area (TPSA) is 226 Å². The number of rotatable bonds is 10. The molecule has 2 heterocycles. The number of aliphatic hydroxyl groups is 2. The lowest BCUT2D eigenvalue weighted by Crippen LogP contribution is -2.66. The average molecular weight is 595 g/mol. The highest BCUT2D eigenvalue weighted by Crippen LogP contribution is 2.33. The molecular formula is C24H34O17. The molecule has 2 fully saturated rings. The molecule has 2 rings (SSSR count). The molecule has 17 heteroatoms. The van der Waals surface area contributed by atoms with Crippen molar-refractivity contribution in [2.24, 2.45) is 0 Å². The van der Waals surface area contributed by atoms with E-state index in [1.807, 2.05) is 0 Å². The molecule has 0 spiro atoms. The van der Waals surface area contributed by atoms with Gasteiger partial charge < -0.3 is 52.8 Å². The maximum absolute atomic E-state index is 12.0. The van der Waals surface area contributed by atoms with Gasteiger partial charge in [-0.25, -0.2) is 0 Å². The van der Waals surface area contributed by atoms with Gasteiger partial charge in [0.15, 0.2) is 37.0 Å². The van der Waals surface area contributed by atoms with Gasteiger partial charge in [0, 0.05) is 41.5 Å². The average Bonchev–Trinajstić information content (AvgIpc) is 2.83. The van der Waals surface area contributed by atoms with Gasteiger partial charge in [0.05, 0.1) is 0 Å². The zero-order valence-electron chi connectivity index (χ0n) is 23.2. The van der Waals surface area contributed by atoms with Crippen LogP contribution in [0.15, 0.2) is 0 Å². The number of carbonyl (C=O) groups excluding carboxylic acids is 6. The van der Waals surface area contributed by atoms with Gasteiger partial charge in [-0.3, -0.25) is 28.8 Å². The van der Waals surface area contributed by atoms with Crippen LogP contribution in [-0.2, 0) is 71.4 Å². The molecule has 17 nitrogen and oxygen atoms in total. The van der Waals surface area contributed by atoms with Crippen molar-refractivity contribution in [3.8, 4) is 0 Å². The molecule has 41 heavy (non-hydrogen) atoms. The molecule has 2 saturated heterocycles. The maximum atomic E-state index is 12.0. The van der Waals surface area contributed by atoms with Crippen LogP contribution in [0.3, 0.4) is 0 Å². The fraction of sp³-hybridized carbons (Fsp3) is 0.750. The first-order chi connectivity index (χ1) is 19.1. The van der Waals surface area contributed by atoms with Crippen molar-refractivity contribution in [2.75, 3.05) is 13.2 Å². The van der Waals surface area contributed by atoms with Gasteiger partial charge in [-0.05, 0) is 0 Å². The van der Waals surface area contributed by atoms with Crippen molar-refractivity contribution in [3.63, 3.8) is 0 Å². The van der Waals surface area contributed by atoms with Crippen LogP contribution in [-0.4, -0.2) is 121 Å². The molecule has 0 unspecified atom stereocenters. The fourth-order valence-corrected chi connectivity index (χ4v) is 4.17. The van der Waals surface area contributed by atoms with E-state index in [-0.39, 0.29) is 0 Å². The van der Waals surface area contributed by atoms with Crippen molar-refractivity contribution in [2.45, 2.75) is 103 Å². The minimum atomic E-state index is -1.88. The monoisotopic (exact) mass is 594 g/mol. The Hall–Kier alpha value is -3.38. The van der Waals surface area contributed by atoms with E-state index in [0.717, 1.165) is 41.5 Å². The van der Waals surface area contributed by atoms with E-state index in [1.165, 1.54) is 0 Å². The first-order valence-corrected chi connectivity index (χ1v) is 12.4. The second-order valence-corrected chi connectivity index (χ2v) is 9.10. The first kappa shape index (κ1) is 33.8. The smallest absolute Gasteiger partial charge is 0.303 e. The summed E-state index contributed by atoms with van der Waals surface area (Å²) in [6.07, 6.45) is -16.3. The largest absolute Gasteiger partial charge is 0.463 e. The Balaban J connectivity index is 2.57. The summed E-state index contributed by atoms with van der Waals surface area (Å²) in [5, 5.41) is 21.4. The molecule has 0 saturated carbocycles. The lowest BCUT2D eigenvalue weighted by atomic mass is 9.96. The molecule has 0 radical (unpaired) electrons. The zero-order chi connectivity index (χ0) is 31.0. The zero-order valence-corrected chi connectivity index (χ0v) is 23.2. The highest BCUT2D eigenvalue weighted by atomic mass is 16.8. The molecule has 0 aromatic rings. The Morgan fingerprint density at radius 3 is 1.46 bits per heavy atom. The second-order valence-electron chi connectivity index (χ2n) is 9.10. The van der Waals surface area contributed by atoms with Crippen molar-refractivity contribution < 1.29 is 81.6 Å². The third-order valence-electron chi connectivity index (χ3n) is 5.63. The molecule has 0 aromatic carbocycles. The summed E-state index contributed by atoms with van der Waals surface area (Å²) < 4.78 is 48.0. The number of hydrogen-bond acceptors (Lipinski definition) is 17. The van der Waals surface area contributed by atoms with Crippen molar-refractivity contribution >= 4 is 35.8 Å². The van der Waals surface area contributed by atoms with E-state index in [1.54, 1.807) is 0 Å².